The van der Waals surface area contributed by atoms with Gasteiger partial charge in [0.25, 0.3) is 0 Å². The topological polar surface area (TPSA) is 70.6 Å². The smallest absolute Gasteiger partial charge is 0.225 e. The van der Waals surface area contributed by atoms with Crippen molar-refractivity contribution in [1.29, 1.82) is 0 Å². The van der Waals surface area contributed by atoms with Crippen LogP contribution in [0.25, 0.3) is 22.2 Å². The van der Waals surface area contributed by atoms with Gasteiger partial charge in [0.05, 0.1) is 24.2 Å². The van der Waals surface area contributed by atoms with Crippen LogP contribution < -0.4 is 10.1 Å². The summed E-state index contributed by atoms with van der Waals surface area (Å²) in [6.45, 7) is 14.4. The quantitative estimate of drug-likeness (QED) is 0.285. The third kappa shape index (κ3) is 8.42. The number of amides is 1. The van der Waals surface area contributed by atoms with Gasteiger partial charge in [-0.1, -0.05) is 20.3 Å². The Hall–Kier alpha value is -3.19. The lowest BCUT2D eigenvalue weighted by atomic mass is 10.1. The van der Waals surface area contributed by atoms with E-state index in [0.29, 0.717) is 13.0 Å². The number of benzene rings is 1. The third-order valence-electron chi connectivity index (χ3n) is 6.88. The Morgan fingerprint density at radius 3 is 2.50 bits per heavy atom. The van der Waals surface area contributed by atoms with Gasteiger partial charge in [0.2, 0.25) is 5.91 Å². The van der Waals surface area contributed by atoms with Crippen LogP contribution in [-0.2, 0) is 4.79 Å². The second kappa shape index (κ2) is 15.9. The molecule has 7 heteroatoms. The zero-order chi connectivity index (χ0) is 27.2. The Kier molecular flexibility index (Phi) is 12.3. The Balaban J connectivity index is 0.00000195. The molecule has 38 heavy (non-hydrogen) atoms. The Morgan fingerprint density at radius 1 is 1.05 bits per heavy atom. The average molecular weight is 520 g/mol. The number of carbonyl (C=O) groups excluding carboxylic acids is 1. The van der Waals surface area contributed by atoms with Crippen molar-refractivity contribution in [2.45, 2.75) is 59.8 Å². The number of likely N-dealkylation sites (tertiary alicyclic amines) is 1. The van der Waals surface area contributed by atoms with E-state index in [1.165, 1.54) is 32.4 Å². The lowest BCUT2D eigenvalue weighted by Gasteiger charge is -2.26. The molecule has 0 radical (unpaired) electrons. The van der Waals surface area contributed by atoms with Crippen molar-refractivity contribution in [2.75, 3.05) is 51.2 Å². The molecular weight excluding hydrogens is 474 g/mol. The molecule has 1 aliphatic heterocycles. The number of anilines is 1. The molecule has 0 spiro atoms. The van der Waals surface area contributed by atoms with Crippen LogP contribution in [-0.4, -0.2) is 71.6 Å². The van der Waals surface area contributed by atoms with E-state index in [4.69, 9.17) is 9.72 Å². The van der Waals surface area contributed by atoms with Crippen molar-refractivity contribution < 1.29 is 9.53 Å². The monoisotopic (exact) mass is 519 g/mol. The largest absolute Gasteiger partial charge is 0.493 e. The molecule has 1 N–H and O–H groups in total. The van der Waals surface area contributed by atoms with Gasteiger partial charge in [-0.05, 0) is 89.1 Å². The van der Waals surface area contributed by atoms with Crippen molar-refractivity contribution in [2.24, 2.45) is 0 Å². The van der Waals surface area contributed by atoms with Crippen molar-refractivity contribution in [3.8, 4) is 17.0 Å². The highest BCUT2D eigenvalue weighted by Gasteiger charge is 2.12. The molecule has 0 unspecified atom stereocenters. The third-order valence-corrected chi connectivity index (χ3v) is 6.88. The molecule has 4 rings (SSSR count). The van der Waals surface area contributed by atoms with Crippen molar-refractivity contribution in [3.63, 3.8) is 0 Å². The van der Waals surface area contributed by atoms with Gasteiger partial charge in [-0.25, -0.2) is 4.98 Å². The first-order valence-corrected chi connectivity index (χ1v) is 14.4. The summed E-state index contributed by atoms with van der Waals surface area (Å²) in [6, 6.07) is 12.0. The fourth-order valence-electron chi connectivity index (χ4n) is 4.78. The van der Waals surface area contributed by atoms with E-state index in [9.17, 15) is 4.79 Å². The molecular formula is C31H45N5O2. The van der Waals surface area contributed by atoms with E-state index < -0.39 is 0 Å². The molecule has 1 aliphatic rings. The van der Waals surface area contributed by atoms with Crippen molar-refractivity contribution >= 4 is 22.5 Å². The molecule has 1 aromatic carbocycles. The van der Waals surface area contributed by atoms with Gasteiger partial charge < -0.3 is 19.9 Å². The van der Waals surface area contributed by atoms with E-state index in [1.54, 1.807) is 6.20 Å². The molecule has 3 heterocycles. The highest BCUT2D eigenvalue weighted by atomic mass is 16.5. The maximum atomic E-state index is 12.2. The number of ether oxygens (including phenoxy) is 1. The lowest BCUT2D eigenvalue weighted by molar-refractivity contribution is -0.131. The Bertz CT molecular complexity index is 1110. The van der Waals surface area contributed by atoms with Crippen LogP contribution in [0.3, 0.4) is 0 Å². The number of aromatic nitrogens is 2. The molecule has 0 saturated carbocycles. The van der Waals surface area contributed by atoms with Crippen LogP contribution in [0.15, 0.2) is 48.8 Å². The summed E-state index contributed by atoms with van der Waals surface area (Å²) in [7, 11) is 0. The number of nitrogens with one attached hydrogen (secondary N) is 1. The van der Waals surface area contributed by atoms with Crippen molar-refractivity contribution in [1.82, 2.24) is 19.8 Å². The standard InChI is InChI=1S/C29H39N5O2.C2H6/c1-3-34(4-2)29(35)14-20-36-24-11-9-23(10-12-24)27-21-28(25-22-30-16-13-26(25)32-27)31-15-8-19-33-17-6-5-7-18-33;1-2/h9-13,16,21-22H,3-8,14-15,17-20H2,1-2H3,(H,31,32);1-2H3. The zero-order valence-corrected chi connectivity index (χ0v) is 23.7. The van der Waals surface area contributed by atoms with Gasteiger partial charge in [0.15, 0.2) is 0 Å². The number of hydrogen-bond acceptors (Lipinski definition) is 6. The second-order valence-corrected chi connectivity index (χ2v) is 9.32. The summed E-state index contributed by atoms with van der Waals surface area (Å²) >= 11 is 0. The van der Waals surface area contributed by atoms with Crippen LogP contribution in [0, 0.1) is 0 Å². The SMILES string of the molecule is CC.CCN(CC)C(=O)CCOc1ccc(-c2cc(NCCCN3CCCCC3)c3cnccc3n2)cc1. The molecule has 1 fully saturated rings. The number of piperidine rings is 1. The molecule has 7 nitrogen and oxygen atoms in total. The van der Waals surface area contributed by atoms with Crippen LogP contribution in [0.4, 0.5) is 5.69 Å². The molecule has 2 aromatic heterocycles. The minimum absolute atomic E-state index is 0.127. The van der Waals surface area contributed by atoms with E-state index in [0.717, 1.165) is 66.2 Å². The van der Waals surface area contributed by atoms with E-state index in [2.05, 4.69) is 21.3 Å². The maximum absolute atomic E-state index is 12.2. The van der Waals surface area contributed by atoms with E-state index in [-0.39, 0.29) is 5.91 Å². The molecule has 206 valence electrons. The average Bonchev–Trinajstić information content (AvgIpc) is 2.98. The summed E-state index contributed by atoms with van der Waals surface area (Å²) in [5.41, 5.74) is 3.93. The second-order valence-electron chi connectivity index (χ2n) is 9.32. The Morgan fingerprint density at radius 2 is 1.79 bits per heavy atom. The van der Waals surface area contributed by atoms with Crippen LogP contribution in [0.5, 0.6) is 5.75 Å². The van der Waals surface area contributed by atoms with Crippen molar-refractivity contribution in [3.05, 3.63) is 48.8 Å². The summed E-state index contributed by atoms with van der Waals surface area (Å²) in [5, 5.41) is 4.68. The van der Waals surface area contributed by atoms with Gasteiger partial charge in [0, 0.05) is 48.7 Å². The number of rotatable bonds is 12. The van der Waals surface area contributed by atoms with Gasteiger partial charge >= 0.3 is 0 Å². The summed E-state index contributed by atoms with van der Waals surface area (Å²) in [5.74, 6) is 0.884. The number of fused-ring (bicyclic) bond motifs is 1. The van der Waals surface area contributed by atoms with Crippen LogP contribution in [0.1, 0.15) is 59.8 Å². The number of pyridine rings is 2. The van der Waals surface area contributed by atoms with Gasteiger partial charge in [-0.3, -0.25) is 9.78 Å². The van der Waals surface area contributed by atoms with Gasteiger partial charge in [-0.15, -0.1) is 0 Å². The minimum Gasteiger partial charge on any atom is -0.493 e. The van der Waals surface area contributed by atoms with Gasteiger partial charge in [-0.2, -0.15) is 0 Å². The minimum atomic E-state index is 0.127. The first kappa shape index (κ1) is 29.4. The molecule has 0 atom stereocenters. The predicted octanol–water partition coefficient (Wildman–Crippen LogP) is 6.25. The molecule has 3 aromatic rings. The van der Waals surface area contributed by atoms with Crippen LogP contribution >= 0.6 is 0 Å². The molecule has 1 saturated heterocycles. The predicted molar refractivity (Wildman–Crippen MR) is 158 cm³/mol. The number of hydrogen-bond donors (Lipinski definition) is 1. The molecule has 1 amide bonds. The van der Waals surface area contributed by atoms with Crippen LogP contribution in [0.2, 0.25) is 0 Å². The fourth-order valence-corrected chi connectivity index (χ4v) is 4.78. The first-order valence-electron chi connectivity index (χ1n) is 14.4. The number of carbonyl (C=O) groups is 1. The zero-order valence-electron chi connectivity index (χ0n) is 23.7. The lowest BCUT2D eigenvalue weighted by Crippen LogP contribution is -2.31. The Labute approximate surface area is 228 Å². The summed E-state index contributed by atoms with van der Waals surface area (Å²) < 4.78 is 5.82. The summed E-state index contributed by atoms with van der Waals surface area (Å²) in [4.78, 5) is 25.8. The first-order chi connectivity index (χ1) is 18.7. The van der Waals surface area contributed by atoms with E-state index in [1.807, 2.05) is 69.1 Å². The normalized spacial score (nSPS) is 13.5. The van der Waals surface area contributed by atoms with Gasteiger partial charge in [0.1, 0.15) is 5.75 Å². The fraction of sp³-hybridized carbons (Fsp3) is 0.516. The maximum Gasteiger partial charge on any atom is 0.225 e. The number of nitrogens with zero attached hydrogens (tertiary/aromatic N) is 4. The summed E-state index contributed by atoms with van der Waals surface area (Å²) in [6.07, 6.45) is 9.20. The van der Waals surface area contributed by atoms with E-state index >= 15 is 0 Å². The highest BCUT2D eigenvalue weighted by molar-refractivity contribution is 5.93. The molecule has 0 bridgehead atoms. The molecule has 0 aliphatic carbocycles. The highest BCUT2D eigenvalue weighted by Crippen LogP contribution is 2.29.